The summed E-state index contributed by atoms with van der Waals surface area (Å²) in [6.07, 6.45) is 0. The maximum atomic E-state index is 13.7. The van der Waals surface area contributed by atoms with Gasteiger partial charge in [-0.25, -0.2) is 12.8 Å². The van der Waals surface area contributed by atoms with Gasteiger partial charge in [-0.1, -0.05) is 66.7 Å². The molecule has 2 aromatic heterocycles. The molecule has 5 aromatic rings. The molecule has 1 saturated heterocycles. The van der Waals surface area contributed by atoms with E-state index >= 15 is 0 Å². The average molecular weight is 560 g/mol. The molecule has 9 heteroatoms. The van der Waals surface area contributed by atoms with Crippen molar-refractivity contribution in [3.63, 3.8) is 0 Å². The fraction of sp³-hybridized carbons (Fsp3) is 0.167. The molecule has 0 saturated carbocycles. The zero-order chi connectivity index (χ0) is 26.8. The van der Waals surface area contributed by atoms with Crippen molar-refractivity contribution in [1.29, 1.82) is 0 Å². The van der Waals surface area contributed by atoms with Crippen molar-refractivity contribution in [3.05, 3.63) is 119 Å². The van der Waals surface area contributed by atoms with Crippen molar-refractivity contribution in [2.45, 2.75) is 16.0 Å². The van der Waals surface area contributed by atoms with Crippen LogP contribution in [0.5, 0.6) is 0 Å². The molecule has 1 aliphatic rings. The lowest BCUT2D eigenvalue weighted by Gasteiger charge is -2.39. The van der Waals surface area contributed by atoms with E-state index in [4.69, 9.17) is 4.42 Å². The fourth-order valence-corrected chi connectivity index (χ4v) is 6.94. The second-order valence-corrected chi connectivity index (χ2v) is 12.1. The molecule has 0 radical (unpaired) electrons. The molecule has 1 aliphatic heterocycles. The zero-order valence-electron chi connectivity index (χ0n) is 21.0. The van der Waals surface area contributed by atoms with E-state index in [1.807, 2.05) is 34.5 Å². The van der Waals surface area contributed by atoms with E-state index in [0.29, 0.717) is 26.2 Å². The van der Waals surface area contributed by atoms with Crippen LogP contribution in [0.15, 0.2) is 117 Å². The number of rotatable bonds is 7. The van der Waals surface area contributed by atoms with Crippen molar-refractivity contribution in [2.24, 2.45) is 0 Å². The predicted molar refractivity (Wildman–Crippen MR) is 150 cm³/mol. The first-order chi connectivity index (χ1) is 19.0. The Morgan fingerprint density at radius 3 is 1.97 bits per heavy atom. The highest BCUT2D eigenvalue weighted by Gasteiger charge is 2.34. The number of nitrogens with zero attached hydrogens (tertiary/aromatic N) is 3. The van der Waals surface area contributed by atoms with E-state index < -0.39 is 15.7 Å². The molecule has 0 N–H and O–H groups in total. The molecule has 6 rings (SSSR count). The summed E-state index contributed by atoms with van der Waals surface area (Å²) in [4.78, 5) is 9.53. The Balaban J connectivity index is 1.32. The minimum absolute atomic E-state index is 0.0250. The fourth-order valence-electron chi connectivity index (χ4n) is 4.97. The molecule has 0 amide bonds. The highest BCUT2D eigenvalue weighted by molar-refractivity contribution is 7.91. The number of oxazole rings is 1. The van der Waals surface area contributed by atoms with Gasteiger partial charge in [0.05, 0.1) is 15.8 Å². The number of aromatic nitrogens is 1. The second kappa shape index (κ2) is 10.8. The Bertz CT molecular complexity index is 1590. The van der Waals surface area contributed by atoms with Crippen LogP contribution >= 0.6 is 11.3 Å². The molecule has 6 nitrogen and oxygen atoms in total. The van der Waals surface area contributed by atoms with Gasteiger partial charge in [-0.3, -0.25) is 4.90 Å². The lowest BCUT2D eigenvalue weighted by molar-refractivity contribution is 0.209. The molecular weight excluding hydrogens is 533 g/mol. The molecule has 3 aromatic carbocycles. The zero-order valence-corrected chi connectivity index (χ0v) is 22.6. The molecule has 198 valence electrons. The Hall–Kier alpha value is -3.79. The Morgan fingerprint density at radius 1 is 0.795 bits per heavy atom. The van der Waals surface area contributed by atoms with E-state index in [1.165, 1.54) is 34.6 Å². The third kappa shape index (κ3) is 5.13. The summed E-state index contributed by atoms with van der Waals surface area (Å²) in [5, 5.41) is 1.74. The van der Waals surface area contributed by atoms with Crippen LogP contribution in [-0.2, 0) is 9.84 Å². The van der Waals surface area contributed by atoms with Gasteiger partial charge in [0.1, 0.15) is 5.82 Å². The van der Waals surface area contributed by atoms with Gasteiger partial charge in [-0.05, 0) is 46.8 Å². The van der Waals surface area contributed by atoms with Gasteiger partial charge >= 0.3 is 0 Å². The van der Waals surface area contributed by atoms with Crippen molar-refractivity contribution >= 4 is 27.1 Å². The molecule has 3 heterocycles. The second-order valence-electron chi connectivity index (χ2n) is 9.31. The summed E-state index contributed by atoms with van der Waals surface area (Å²) in [7, 11) is -4.04. The van der Waals surface area contributed by atoms with Crippen LogP contribution in [0.1, 0.15) is 17.2 Å². The molecule has 0 bridgehead atoms. The van der Waals surface area contributed by atoms with Crippen molar-refractivity contribution in [1.82, 2.24) is 9.88 Å². The Morgan fingerprint density at radius 2 is 1.41 bits per heavy atom. The van der Waals surface area contributed by atoms with Crippen LogP contribution in [0.2, 0.25) is 0 Å². The molecule has 0 atom stereocenters. The first kappa shape index (κ1) is 25.5. The molecule has 1 fully saturated rings. The predicted octanol–water partition coefficient (Wildman–Crippen LogP) is 6.29. The van der Waals surface area contributed by atoms with Crippen molar-refractivity contribution in [3.8, 4) is 10.8 Å². The first-order valence-electron chi connectivity index (χ1n) is 12.6. The number of anilines is 1. The molecule has 0 spiro atoms. The normalized spacial score (nSPS) is 14.7. The quantitative estimate of drug-likeness (QED) is 0.219. The van der Waals surface area contributed by atoms with E-state index in [-0.39, 0.29) is 27.7 Å². The summed E-state index contributed by atoms with van der Waals surface area (Å²) in [5.74, 6) is -0.0241. The molecular formula is C30H26FN3O3S2. The number of sulfone groups is 1. The lowest BCUT2D eigenvalue weighted by Crippen LogP contribution is -2.48. The summed E-state index contributed by atoms with van der Waals surface area (Å²) in [6.45, 7) is 2.50. The topological polar surface area (TPSA) is 66.7 Å². The van der Waals surface area contributed by atoms with Crippen LogP contribution in [-0.4, -0.2) is 44.5 Å². The average Bonchev–Trinajstić information content (AvgIpc) is 3.66. The summed E-state index contributed by atoms with van der Waals surface area (Å²) >= 11 is 1.43. The van der Waals surface area contributed by atoms with Crippen LogP contribution in [0.4, 0.5) is 10.3 Å². The molecule has 0 aliphatic carbocycles. The highest BCUT2D eigenvalue weighted by atomic mass is 32.2. The van der Waals surface area contributed by atoms with Gasteiger partial charge in [0, 0.05) is 26.2 Å². The van der Waals surface area contributed by atoms with Crippen LogP contribution in [0.25, 0.3) is 10.8 Å². The summed E-state index contributed by atoms with van der Waals surface area (Å²) < 4.78 is 47.0. The number of hydrogen-bond acceptors (Lipinski definition) is 7. The van der Waals surface area contributed by atoms with E-state index in [1.54, 1.807) is 0 Å². The first-order valence-corrected chi connectivity index (χ1v) is 15.0. The maximum absolute atomic E-state index is 13.7. The van der Waals surface area contributed by atoms with Gasteiger partial charge in [-0.15, -0.1) is 11.3 Å². The van der Waals surface area contributed by atoms with Crippen LogP contribution in [0, 0.1) is 5.82 Å². The highest BCUT2D eigenvalue weighted by Crippen LogP contribution is 2.37. The SMILES string of the molecule is O=S(=O)(c1ccc(F)cc1)c1nc(-c2cccs2)oc1N1CCN(C(c2ccccc2)c2ccccc2)CC1. The third-order valence-corrected chi connectivity index (χ3v) is 9.41. The smallest absolute Gasteiger partial charge is 0.240 e. The van der Waals surface area contributed by atoms with Gasteiger partial charge in [-0.2, -0.15) is 4.98 Å². The van der Waals surface area contributed by atoms with Crippen LogP contribution < -0.4 is 4.90 Å². The van der Waals surface area contributed by atoms with Crippen molar-refractivity contribution in [2.75, 3.05) is 31.1 Å². The number of halogens is 1. The summed E-state index contributed by atoms with van der Waals surface area (Å²) in [5.41, 5.74) is 2.41. The largest absolute Gasteiger partial charge is 0.418 e. The van der Waals surface area contributed by atoms with Gasteiger partial charge in [0.2, 0.25) is 26.6 Å². The minimum Gasteiger partial charge on any atom is -0.418 e. The van der Waals surface area contributed by atoms with Crippen LogP contribution in [0.3, 0.4) is 0 Å². The van der Waals surface area contributed by atoms with Crippen molar-refractivity contribution < 1.29 is 17.2 Å². The number of hydrogen-bond donors (Lipinski definition) is 0. The lowest BCUT2D eigenvalue weighted by atomic mass is 9.96. The van der Waals surface area contributed by atoms with E-state index in [2.05, 4.69) is 58.4 Å². The number of benzene rings is 3. The Labute approximate surface area is 230 Å². The van der Waals surface area contributed by atoms with E-state index in [9.17, 15) is 12.8 Å². The Kier molecular flexibility index (Phi) is 7.03. The summed E-state index contributed by atoms with van der Waals surface area (Å²) in [6, 6.07) is 29.4. The van der Waals surface area contributed by atoms with Gasteiger partial charge < -0.3 is 9.32 Å². The monoisotopic (exact) mass is 559 g/mol. The van der Waals surface area contributed by atoms with E-state index in [0.717, 1.165) is 17.0 Å². The standard InChI is InChI=1S/C30H26FN3O3S2/c31-24-13-15-25(16-14-24)39(35,36)29-30(37-28(32-29)26-12-7-21-38-26)34-19-17-33(18-20-34)27(22-8-3-1-4-9-22)23-10-5-2-6-11-23/h1-16,21,27H,17-20H2. The number of thiophene rings is 1. The third-order valence-electron chi connectivity index (χ3n) is 6.89. The molecule has 0 unspecified atom stereocenters. The number of piperazine rings is 1. The molecule has 39 heavy (non-hydrogen) atoms. The maximum Gasteiger partial charge on any atom is 0.240 e. The van der Waals surface area contributed by atoms with Gasteiger partial charge in [0.15, 0.2) is 0 Å². The minimum atomic E-state index is -4.04. The van der Waals surface area contributed by atoms with Gasteiger partial charge in [0.25, 0.3) is 0 Å².